The van der Waals surface area contributed by atoms with Crippen molar-refractivity contribution in [2.45, 2.75) is 31.6 Å². The molecule has 0 bridgehead atoms. The summed E-state index contributed by atoms with van der Waals surface area (Å²) in [7, 11) is -3.46. The third-order valence-electron chi connectivity index (χ3n) is 4.62. The summed E-state index contributed by atoms with van der Waals surface area (Å²) in [6.07, 6.45) is 1.78. The maximum atomic E-state index is 12.5. The molecule has 0 unspecified atom stereocenters. The van der Waals surface area contributed by atoms with Crippen LogP contribution in [-0.2, 0) is 14.8 Å². The number of halogens is 1. The van der Waals surface area contributed by atoms with E-state index in [2.05, 4.69) is 5.32 Å². The van der Waals surface area contributed by atoms with Crippen molar-refractivity contribution in [3.8, 4) is 5.75 Å². The van der Waals surface area contributed by atoms with Crippen LogP contribution in [0.15, 0.2) is 41.3 Å². The Bertz CT molecular complexity index is 945. The summed E-state index contributed by atoms with van der Waals surface area (Å²) in [6.45, 7) is 4.71. The van der Waals surface area contributed by atoms with Gasteiger partial charge in [0.15, 0.2) is 6.61 Å². The van der Waals surface area contributed by atoms with Crippen LogP contribution in [0.5, 0.6) is 5.75 Å². The van der Waals surface area contributed by atoms with Gasteiger partial charge in [0.05, 0.1) is 4.90 Å². The number of hydrogen-bond donors (Lipinski definition) is 1. The highest BCUT2D eigenvalue weighted by Gasteiger charge is 2.26. The summed E-state index contributed by atoms with van der Waals surface area (Å²) >= 11 is 6.13. The fourth-order valence-electron chi connectivity index (χ4n) is 3.12. The van der Waals surface area contributed by atoms with E-state index in [1.54, 1.807) is 24.3 Å². The minimum absolute atomic E-state index is 0.158. The molecule has 3 rings (SSSR count). The number of hydrogen-bond acceptors (Lipinski definition) is 4. The van der Waals surface area contributed by atoms with Crippen LogP contribution >= 0.6 is 11.6 Å². The standard InChI is InChI=1S/C20H23ClN2O4S/c1-14-11-17(12-15(2)20(14)21)27-13-19(24)22-16-5-7-18(8-6-16)28(25,26)23-9-3-4-10-23/h5-8,11-12H,3-4,9-10,13H2,1-2H3,(H,22,24). The molecular formula is C20H23ClN2O4S. The zero-order valence-corrected chi connectivity index (χ0v) is 17.4. The van der Waals surface area contributed by atoms with E-state index in [0.29, 0.717) is 29.5 Å². The van der Waals surface area contributed by atoms with Crippen molar-refractivity contribution in [2.24, 2.45) is 0 Å². The van der Waals surface area contributed by atoms with Crippen LogP contribution in [0, 0.1) is 13.8 Å². The molecule has 0 aliphatic carbocycles. The van der Waals surface area contributed by atoms with Crippen LogP contribution in [0.4, 0.5) is 5.69 Å². The lowest BCUT2D eigenvalue weighted by Gasteiger charge is -2.15. The van der Waals surface area contributed by atoms with Crippen molar-refractivity contribution in [3.05, 3.63) is 52.5 Å². The molecular weight excluding hydrogens is 400 g/mol. The van der Waals surface area contributed by atoms with Crippen LogP contribution in [-0.4, -0.2) is 38.3 Å². The maximum absolute atomic E-state index is 12.5. The smallest absolute Gasteiger partial charge is 0.262 e. The molecule has 0 saturated carbocycles. The summed E-state index contributed by atoms with van der Waals surface area (Å²) in [6, 6.07) is 9.74. The van der Waals surface area contributed by atoms with Crippen molar-refractivity contribution in [1.82, 2.24) is 4.31 Å². The molecule has 1 heterocycles. The highest BCUT2D eigenvalue weighted by Crippen LogP contribution is 2.26. The highest BCUT2D eigenvalue weighted by molar-refractivity contribution is 7.89. The monoisotopic (exact) mass is 422 g/mol. The molecule has 8 heteroatoms. The first-order valence-corrected chi connectivity index (χ1v) is 10.9. The molecule has 150 valence electrons. The van der Waals surface area contributed by atoms with Crippen molar-refractivity contribution in [3.63, 3.8) is 0 Å². The summed E-state index contributed by atoms with van der Waals surface area (Å²) in [5, 5.41) is 3.38. The number of rotatable bonds is 6. The predicted octanol–water partition coefficient (Wildman–Crippen LogP) is 3.76. The average Bonchev–Trinajstić information content (AvgIpc) is 3.20. The molecule has 2 aromatic carbocycles. The average molecular weight is 423 g/mol. The van der Waals surface area contributed by atoms with E-state index in [9.17, 15) is 13.2 Å². The molecule has 2 aromatic rings. The normalized spacial score (nSPS) is 14.8. The van der Waals surface area contributed by atoms with Gasteiger partial charge in [-0.3, -0.25) is 4.79 Å². The fraction of sp³-hybridized carbons (Fsp3) is 0.350. The van der Waals surface area contributed by atoms with E-state index in [1.807, 2.05) is 13.8 Å². The first-order valence-electron chi connectivity index (χ1n) is 9.07. The van der Waals surface area contributed by atoms with Crippen LogP contribution in [0.1, 0.15) is 24.0 Å². The third kappa shape index (κ3) is 4.66. The Morgan fingerprint density at radius 3 is 2.25 bits per heavy atom. The largest absolute Gasteiger partial charge is 0.484 e. The van der Waals surface area contributed by atoms with Crippen LogP contribution in [0.25, 0.3) is 0 Å². The van der Waals surface area contributed by atoms with E-state index in [1.165, 1.54) is 16.4 Å². The van der Waals surface area contributed by atoms with E-state index in [-0.39, 0.29) is 17.4 Å². The summed E-state index contributed by atoms with van der Waals surface area (Å²) in [4.78, 5) is 12.4. The van der Waals surface area contributed by atoms with Crippen molar-refractivity contribution >= 4 is 33.2 Å². The van der Waals surface area contributed by atoms with E-state index in [0.717, 1.165) is 24.0 Å². The van der Waals surface area contributed by atoms with Gasteiger partial charge in [-0.2, -0.15) is 4.31 Å². The second-order valence-corrected chi connectivity index (χ2v) is 9.16. The Kier molecular flexibility index (Phi) is 6.27. The number of amides is 1. The molecule has 1 amide bonds. The van der Waals surface area contributed by atoms with Crippen molar-refractivity contribution < 1.29 is 17.9 Å². The Morgan fingerprint density at radius 1 is 1.11 bits per heavy atom. The number of carbonyl (C=O) groups excluding carboxylic acids is 1. The van der Waals surface area contributed by atoms with Gasteiger partial charge in [0, 0.05) is 23.8 Å². The minimum atomic E-state index is -3.46. The lowest BCUT2D eigenvalue weighted by molar-refractivity contribution is -0.118. The van der Waals surface area contributed by atoms with Gasteiger partial charge in [-0.15, -0.1) is 0 Å². The predicted molar refractivity (Wildman–Crippen MR) is 109 cm³/mol. The van der Waals surface area contributed by atoms with Crippen molar-refractivity contribution in [2.75, 3.05) is 25.0 Å². The Morgan fingerprint density at radius 2 is 1.68 bits per heavy atom. The topological polar surface area (TPSA) is 75.7 Å². The van der Waals surface area contributed by atoms with Gasteiger partial charge in [0.25, 0.3) is 5.91 Å². The second kappa shape index (κ2) is 8.51. The highest BCUT2D eigenvalue weighted by atomic mass is 35.5. The van der Waals surface area contributed by atoms with Gasteiger partial charge >= 0.3 is 0 Å². The van der Waals surface area contributed by atoms with E-state index >= 15 is 0 Å². The van der Waals surface area contributed by atoms with Gasteiger partial charge in [0.1, 0.15) is 5.75 Å². The quantitative estimate of drug-likeness (QED) is 0.769. The first-order chi connectivity index (χ1) is 13.3. The number of sulfonamides is 1. The van der Waals surface area contributed by atoms with Crippen molar-refractivity contribution in [1.29, 1.82) is 0 Å². The lowest BCUT2D eigenvalue weighted by atomic mass is 10.1. The molecule has 1 aliphatic rings. The first kappa shape index (κ1) is 20.6. The summed E-state index contributed by atoms with van der Waals surface area (Å²) < 4.78 is 32.1. The number of nitrogens with zero attached hydrogens (tertiary/aromatic N) is 1. The molecule has 6 nitrogen and oxygen atoms in total. The molecule has 28 heavy (non-hydrogen) atoms. The van der Waals surface area contributed by atoms with Gasteiger partial charge in [-0.25, -0.2) is 8.42 Å². The van der Waals surface area contributed by atoms with Gasteiger partial charge in [-0.05, 0) is 74.2 Å². The number of aryl methyl sites for hydroxylation is 2. The molecule has 0 aromatic heterocycles. The molecule has 0 atom stereocenters. The van der Waals surface area contributed by atoms with E-state index in [4.69, 9.17) is 16.3 Å². The number of nitrogens with one attached hydrogen (secondary N) is 1. The minimum Gasteiger partial charge on any atom is -0.484 e. The molecule has 0 radical (unpaired) electrons. The molecule has 1 saturated heterocycles. The second-order valence-electron chi connectivity index (χ2n) is 6.84. The van der Waals surface area contributed by atoms with Crippen LogP contribution in [0.2, 0.25) is 5.02 Å². The number of ether oxygens (including phenoxy) is 1. The Labute approximate surface area is 170 Å². The number of anilines is 1. The summed E-state index contributed by atoms with van der Waals surface area (Å²) in [5.41, 5.74) is 2.27. The summed E-state index contributed by atoms with van der Waals surface area (Å²) in [5.74, 6) is 0.238. The zero-order chi connectivity index (χ0) is 20.3. The third-order valence-corrected chi connectivity index (χ3v) is 7.13. The van der Waals surface area contributed by atoms with E-state index < -0.39 is 10.0 Å². The number of carbonyl (C=O) groups is 1. The Hall–Kier alpha value is -2.09. The SMILES string of the molecule is Cc1cc(OCC(=O)Nc2ccc(S(=O)(=O)N3CCCC3)cc2)cc(C)c1Cl. The molecule has 1 fully saturated rings. The molecule has 0 spiro atoms. The fourth-order valence-corrected chi connectivity index (χ4v) is 4.75. The Balaban J connectivity index is 1.59. The van der Waals surface area contributed by atoms with Gasteiger partial charge in [-0.1, -0.05) is 11.6 Å². The maximum Gasteiger partial charge on any atom is 0.262 e. The molecule has 1 aliphatic heterocycles. The molecule has 1 N–H and O–H groups in total. The van der Waals surface area contributed by atoms with Crippen LogP contribution < -0.4 is 10.1 Å². The van der Waals surface area contributed by atoms with Gasteiger partial charge in [0.2, 0.25) is 10.0 Å². The van der Waals surface area contributed by atoms with Crippen LogP contribution in [0.3, 0.4) is 0 Å². The number of benzene rings is 2. The van der Waals surface area contributed by atoms with Gasteiger partial charge < -0.3 is 10.1 Å². The zero-order valence-electron chi connectivity index (χ0n) is 15.9. The lowest BCUT2D eigenvalue weighted by Crippen LogP contribution is -2.27.